The van der Waals surface area contributed by atoms with Crippen molar-refractivity contribution in [2.45, 2.75) is 13.3 Å². The van der Waals surface area contributed by atoms with Gasteiger partial charge in [0.15, 0.2) is 5.82 Å². The van der Waals surface area contributed by atoms with Crippen LogP contribution >= 0.6 is 0 Å². The Morgan fingerprint density at radius 3 is 3.00 bits per heavy atom. The second-order valence-electron chi connectivity index (χ2n) is 3.59. The summed E-state index contributed by atoms with van der Waals surface area (Å²) in [6.07, 6.45) is 2.46. The van der Waals surface area contributed by atoms with Crippen LogP contribution < -0.4 is 10.6 Å². The molecule has 90 valence electrons. The van der Waals surface area contributed by atoms with Crippen molar-refractivity contribution in [1.82, 2.24) is 15.1 Å². The fourth-order valence-electron chi connectivity index (χ4n) is 1.43. The Kier molecular flexibility index (Phi) is 3.54. The minimum absolute atomic E-state index is 0.651. The Balaban J connectivity index is 1.85. The molecule has 0 saturated carbocycles. The molecule has 6 nitrogen and oxygen atoms in total. The second-order valence-corrected chi connectivity index (χ2v) is 3.59. The number of nitrogens with one attached hydrogen (secondary N) is 2. The van der Waals surface area contributed by atoms with Gasteiger partial charge in [0, 0.05) is 38.0 Å². The maximum atomic E-state index is 5.02. The fourth-order valence-corrected chi connectivity index (χ4v) is 1.43. The van der Waals surface area contributed by atoms with Gasteiger partial charge in [-0.1, -0.05) is 5.16 Å². The van der Waals surface area contributed by atoms with E-state index in [0.717, 1.165) is 18.1 Å². The molecule has 0 radical (unpaired) electrons. The topological polar surface area (TPSA) is 75.9 Å². The van der Waals surface area contributed by atoms with Gasteiger partial charge in [-0.05, 0) is 13.0 Å². The van der Waals surface area contributed by atoms with Crippen LogP contribution in [0.15, 0.2) is 22.9 Å². The van der Waals surface area contributed by atoms with Crippen molar-refractivity contribution in [2.24, 2.45) is 0 Å². The highest BCUT2D eigenvalue weighted by Crippen LogP contribution is 2.11. The lowest BCUT2D eigenvalue weighted by Crippen LogP contribution is -2.05. The van der Waals surface area contributed by atoms with Gasteiger partial charge in [-0.2, -0.15) is 4.98 Å². The molecule has 0 aliphatic heterocycles. The number of aryl methyl sites for hydroxylation is 1. The Bertz CT molecular complexity index is 482. The Morgan fingerprint density at radius 1 is 1.41 bits per heavy atom. The van der Waals surface area contributed by atoms with Gasteiger partial charge in [-0.25, -0.2) is 4.98 Å². The smallest absolute Gasteiger partial charge is 0.228 e. The lowest BCUT2D eigenvalue weighted by Gasteiger charge is -2.05. The summed E-state index contributed by atoms with van der Waals surface area (Å²) in [4.78, 5) is 8.27. The number of rotatable bonds is 5. The van der Waals surface area contributed by atoms with Gasteiger partial charge >= 0.3 is 0 Å². The quantitative estimate of drug-likeness (QED) is 0.814. The van der Waals surface area contributed by atoms with Crippen LogP contribution in [0.25, 0.3) is 0 Å². The van der Waals surface area contributed by atoms with Crippen molar-refractivity contribution in [2.75, 3.05) is 24.2 Å². The third kappa shape index (κ3) is 3.17. The largest absolute Gasteiger partial charge is 0.384 e. The summed E-state index contributed by atoms with van der Waals surface area (Å²) in [7, 11) is 1.84. The third-order valence-electron chi connectivity index (χ3n) is 2.25. The van der Waals surface area contributed by atoms with Crippen LogP contribution in [-0.4, -0.2) is 28.7 Å². The van der Waals surface area contributed by atoms with Gasteiger partial charge in [0.25, 0.3) is 0 Å². The molecule has 0 bridgehead atoms. The van der Waals surface area contributed by atoms with Crippen molar-refractivity contribution >= 4 is 11.5 Å². The molecular formula is C11H15N5O. The molecule has 2 aromatic rings. The first-order valence-electron chi connectivity index (χ1n) is 5.45. The van der Waals surface area contributed by atoms with Crippen LogP contribution in [-0.2, 0) is 6.42 Å². The minimum atomic E-state index is 0.651. The Labute approximate surface area is 99.5 Å². The maximum absolute atomic E-state index is 5.02. The van der Waals surface area contributed by atoms with Crippen molar-refractivity contribution in [3.05, 3.63) is 30.0 Å². The van der Waals surface area contributed by atoms with Crippen molar-refractivity contribution in [3.63, 3.8) is 0 Å². The summed E-state index contributed by atoms with van der Waals surface area (Å²) < 4.78 is 5.02. The number of pyridine rings is 1. The van der Waals surface area contributed by atoms with Gasteiger partial charge in [-0.3, -0.25) is 0 Å². The van der Waals surface area contributed by atoms with E-state index in [-0.39, 0.29) is 0 Å². The summed E-state index contributed by atoms with van der Waals surface area (Å²) >= 11 is 0. The molecule has 2 aromatic heterocycles. The van der Waals surface area contributed by atoms with E-state index in [2.05, 4.69) is 25.8 Å². The number of hydrogen-bond acceptors (Lipinski definition) is 6. The molecule has 2 N–H and O–H groups in total. The van der Waals surface area contributed by atoms with Gasteiger partial charge in [-0.15, -0.1) is 0 Å². The molecule has 2 heterocycles. The van der Waals surface area contributed by atoms with E-state index in [0.29, 0.717) is 18.1 Å². The van der Waals surface area contributed by atoms with Crippen LogP contribution in [0, 0.1) is 6.92 Å². The molecule has 0 aromatic carbocycles. The monoisotopic (exact) mass is 233 g/mol. The Hall–Kier alpha value is -2.11. The van der Waals surface area contributed by atoms with Crippen LogP contribution in [0.5, 0.6) is 0 Å². The molecule has 0 fully saturated rings. The van der Waals surface area contributed by atoms with Crippen LogP contribution in [0.1, 0.15) is 11.7 Å². The zero-order valence-corrected chi connectivity index (χ0v) is 9.90. The van der Waals surface area contributed by atoms with Gasteiger partial charge in [0.1, 0.15) is 5.82 Å². The molecule has 0 saturated heterocycles. The highest BCUT2D eigenvalue weighted by Gasteiger charge is 2.02. The number of nitrogens with zero attached hydrogens (tertiary/aromatic N) is 3. The molecule has 0 aliphatic carbocycles. The van der Waals surface area contributed by atoms with E-state index < -0.39 is 0 Å². The van der Waals surface area contributed by atoms with Crippen molar-refractivity contribution in [1.29, 1.82) is 0 Å². The molecule has 0 aliphatic rings. The summed E-state index contributed by atoms with van der Waals surface area (Å²) in [5.41, 5.74) is 1.01. The van der Waals surface area contributed by atoms with E-state index in [1.807, 2.05) is 26.1 Å². The normalized spacial score (nSPS) is 10.2. The molecule has 2 rings (SSSR count). The van der Waals surface area contributed by atoms with Gasteiger partial charge in [0.05, 0.1) is 0 Å². The molecule has 17 heavy (non-hydrogen) atoms. The number of anilines is 2. The standard InChI is InChI=1S/C11H15N5O/c1-8-15-11(17-16-8)4-6-13-9-3-5-14-10(7-9)12-2/h3,5,7H,4,6H2,1-2H3,(H2,12,13,14). The van der Waals surface area contributed by atoms with Crippen molar-refractivity contribution < 1.29 is 4.52 Å². The summed E-state index contributed by atoms with van der Waals surface area (Å²) in [5.74, 6) is 2.16. The minimum Gasteiger partial charge on any atom is -0.384 e. The first-order chi connectivity index (χ1) is 8.28. The molecular weight excluding hydrogens is 218 g/mol. The highest BCUT2D eigenvalue weighted by atomic mass is 16.5. The second kappa shape index (κ2) is 5.29. The lowest BCUT2D eigenvalue weighted by atomic mass is 10.3. The molecule has 6 heteroatoms. The fraction of sp³-hybridized carbons (Fsp3) is 0.364. The zero-order valence-electron chi connectivity index (χ0n) is 9.90. The van der Waals surface area contributed by atoms with Crippen LogP contribution in [0.3, 0.4) is 0 Å². The molecule has 0 amide bonds. The SMILES string of the molecule is CNc1cc(NCCc2nc(C)no2)ccn1. The lowest BCUT2D eigenvalue weighted by molar-refractivity contribution is 0.377. The highest BCUT2D eigenvalue weighted by molar-refractivity contribution is 5.51. The third-order valence-corrected chi connectivity index (χ3v) is 2.25. The first kappa shape index (κ1) is 11.4. The maximum Gasteiger partial charge on any atom is 0.228 e. The molecule has 0 unspecified atom stereocenters. The molecule has 0 spiro atoms. The van der Waals surface area contributed by atoms with Crippen molar-refractivity contribution in [3.8, 4) is 0 Å². The predicted molar refractivity (Wildman–Crippen MR) is 65.0 cm³/mol. The zero-order chi connectivity index (χ0) is 12.1. The summed E-state index contributed by atoms with van der Waals surface area (Å²) in [6, 6.07) is 3.86. The van der Waals surface area contributed by atoms with E-state index in [4.69, 9.17) is 4.52 Å². The molecule has 0 atom stereocenters. The number of aromatic nitrogens is 3. The summed E-state index contributed by atoms with van der Waals surface area (Å²) in [5, 5.41) is 9.99. The van der Waals surface area contributed by atoms with E-state index in [1.165, 1.54) is 0 Å². The van der Waals surface area contributed by atoms with Gasteiger partial charge in [0.2, 0.25) is 5.89 Å². The predicted octanol–water partition coefficient (Wildman–Crippen LogP) is 1.47. The average molecular weight is 233 g/mol. The van der Waals surface area contributed by atoms with Crippen LogP contribution in [0.2, 0.25) is 0 Å². The van der Waals surface area contributed by atoms with E-state index >= 15 is 0 Å². The van der Waals surface area contributed by atoms with Gasteiger partial charge < -0.3 is 15.2 Å². The average Bonchev–Trinajstić information content (AvgIpc) is 2.75. The van der Waals surface area contributed by atoms with E-state index in [1.54, 1.807) is 6.20 Å². The van der Waals surface area contributed by atoms with E-state index in [9.17, 15) is 0 Å². The van der Waals surface area contributed by atoms with Crippen LogP contribution in [0.4, 0.5) is 11.5 Å². The first-order valence-corrected chi connectivity index (χ1v) is 5.45. The number of hydrogen-bond donors (Lipinski definition) is 2. The summed E-state index contributed by atoms with van der Waals surface area (Å²) in [6.45, 7) is 2.55. The Morgan fingerprint density at radius 2 is 2.29 bits per heavy atom.